The molecule has 0 heterocycles. The average molecular weight is 276 g/mol. The Labute approximate surface area is 116 Å². The average Bonchev–Trinajstić information content (AvgIpc) is 2.38. The molecule has 0 unspecified atom stereocenters. The molecule has 0 fully saturated rings. The Hall–Kier alpha value is -2.37. The first-order valence-corrected chi connectivity index (χ1v) is 6.40. The van der Waals surface area contributed by atoms with Crippen molar-refractivity contribution in [3.05, 3.63) is 29.3 Å². The summed E-state index contributed by atoms with van der Waals surface area (Å²) >= 11 is 0. The summed E-state index contributed by atoms with van der Waals surface area (Å²) in [6.45, 7) is 1.52. The molecule has 0 radical (unpaired) electrons. The summed E-state index contributed by atoms with van der Waals surface area (Å²) in [5, 5.41) is 1.95. The minimum atomic E-state index is -0.915. The van der Waals surface area contributed by atoms with Gasteiger partial charge in [-0.25, -0.2) is 4.79 Å². The number of amides is 3. The standard InChI is InChI=1S/C14H16N2O4/c1-8(13(18)16-14(15)19)20-10-5-6-11-9(7-10)3-2-4-12(11)17/h5-8H,2-4H2,1H3,(H3,15,16,18,19)/t8-/m1/s1. The van der Waals surface area contributed by atoms with Crippen LogP contribution in [0.5, 0.6) is 5.75 Å². The monoisotopic (exact) mass is 276 g/mol. The lowest BCUT2D eigenvalue weighted by molar-refractivity contribution is -0.126. The number of Topliss-reactive ketones (excluding diaryl/α,β-unsaturated/α-hetero) is 1. The molecular weight excluding hydrogens is 260 g/mol. The second kappa shape index (κ2) is 5.73. The molecule has 20 heavy (non-hydrogen) atoms. The number of ketones is 1. The van der Waals surface area contributed by atoms with Gasteiger partial charge in [0.2, 0.25) is 0 Å². The van der Waals surface area contributed by atoms with E-state index in [-0.39, 0.29) is 5.78 Å². The number of rotatable bonds is 3. The van der Waals surface area contributed by atoms with E-state index in [1.807, 2.05) is 5.32 Å². The zero-order valence-corrected chi connectivity index (χ0v) is 11.1. The fourth-order valence-corrected chi connectivity index (χ4v) is 2.18. The van der Waals surface area contributed by atoms with E-state index in [9.17, 15) is 14.4 Å². The summed E-state index contributed by atoms with van der Waals surface area (Å²) in [6.07, 6.45) is 1.37. The number of imide groups is 1. The van der Waals surface area contributed by atoms with Crippen LogP contribution in [-0.4, -0.2) is 23.8 Å². The third-order valence-electron chi connectivity index (χ3n) is 3.16. The normalized spacial score (nSPS) is 15.2. The van der Waals surface area contributed by atoms with Crippen LogP contribution in [0.3, 0.4) is 0 Å². The molecule has 0 aromatic heterocycles. The van der Waals surface area contributed by atoms with Crippen molar-refractivity contribution in [2.75, 3.05) is 0 Å². The molecule has 0 bridgehead atoms. The first kappa shape index (κ1) is 14.0. The molecule has 1 aliphatic rings. The number of hydrogen-bond donors (Lipinski definition) is 2. The van der Waals surface area contributed by atoms with E-state index in [4.69, 9.17) is 10.5 Å². The number of carbonyl (C=O) groups is 3. The fourth-order valence-electron chi connectivity index (χ4n) is 2.18. The molecule has 1 aliphatic carbocycles. The Morgan fingerprint density at radius 2 is 2.10 bits per heavy atom. The van der Waals surface area contributed by atoms with Gasteiger partial charge in [0.05, 0.1) is 0 Å². The third kappa shape index (κ3) is 3.14. The molecule has 3 N–H and O–H groups in total. The predicted octanol–water partition coefficient (Wildman–Crippen LogP) is 1.17. The first-order chi connectivity index (χ1) is 9.47. The molecule has 0 aliphatic heterocycles. The lowest BCUT2D eigenvalue weighted by Crippen LogP contribution is -2.42. The zero-order valence-electron chi connectivity index (χ0n) is 11.1. The van der Waals surface area contributed by atoms with Crippen molar-refractivity contribution in [2.45, 2.75) is 32.3 Å². The number of ether oxygens (including phenoxy) is 1. The van der Waals surface area contributed by atoms with Crippen molar-refractivity contribution in [1.82, 2.24) is 5.32 Å². The van der Waals surface area contributed by atoms with Crippen LogP contribution in [0.1, 0.15) is 35.7 Å². The Morgan fingerprint density at radius 3 is 2.80 bits per heavy atom. The van der Waals surface area contributed by atoms with E-state index >= 15 is 0 Å². The lowest BCUT2D eigenvalue weighted by atomic mass is 9.90. The second-order valence-corrected chi connectivity index (χ2v) is 4.71. The smallest absolute Gasteiger partial charge is 0.318 e. The van der Waals surface area contributed by atoms with Gasteiger partial charge in [-0.15, -0.1) is 0 Å². The number of urea groups is 1. The number of primary amides is 1. The van der Waals surface area contributed by atoms with Gasteiger partial charge in [-0.05, 0) is 43.5 Å². The third-order valence-corrected chi connectivity index (χ3v) is 3.16. The van der Waals surface area contributed by atoms with E-state index in [1.165, 1.54) is 6.92 Å². The number of nitrogens with two attached hydrogens (primary N) is 1. The van der Waals surface area contributed by atoms with Crippen molar-refractivity contribution < 1.29 is 19.1 Å². The highest BCUT2D eigenvalue weighted by Gasteiger charge is 2.20. The number of nitrogens with one attached hydrogen (secondary N) is 1. The van der Waals surface area contributed by atoms with Crippen LogP contribution in [-0.2, 0) is 11.2 Å². The molecule has 0 saturated carbocycles. The predicted molar refractivity (Wildman–Crippen MR) is 71.5 cm³/mol. The Bertz CT molecular complexity index is 568. The minimum absolute atomic E-state index is 0.136. The van der Waals surface area contributed by atoms with Crippen LogP contribution >= 0.6 is 0 Å². The van der Waals surface area contributed by atoms with Gasteiger partial charge < -0.3 is 10.5 Å². The van der Waals surface area contributed by atoms with Gasteiger partial charge >= 0.3 is 6.03 Å². The van der Waals surface area contributed by atoms with Gasteiger partial charge in [-0.1, -0.05) is 0 Å². The molecule has 106 valence electrons. The van der Waals surface area contributed by atoms with Crippen LogP contribution in [0.15, 0.2) is 18.2 Å². The molecular formula is C14H16N2O4. The van der Waals surface area contributed by atoms with Crippen LogP contribution in [0.2, 0.25) is 0 Å². The number of benzene rings is 1. The van der Waals surface area contributed by atoms with Crippen molar-refractivity contribution in [3.63, 3.8) is 0 Å². The molecule has 6 heteroatoms. The number of hydrogen-bond acceptors (Lipinski definition) is 4. The number of fused-ring (bicyclic) bond motifs is 1. The van der Waals surface area contributed by atoms with Gasteiger partial charge in [0.15, 0.2) is 11.9 Å². The summed E-state index contributed by atoms with van der Waals surface area (Å²) in [4.78, 5) is 33.8. The zero-order chi connectivity index (χ0) is 14.7. The van der Waals surface area contributed by atoms with Crippen LogP contribution in [0.25, 0.3) is 0 Å². The van der Waals surface area contributed by atoms with E-state index in [0.29, 0.717) is 12.2 Å². The van der Waals surface area contributed by atoms with Crippen molar-refractivity contribution in [2.24, 2.45) is 5.73 Å². The number of aryl methyl sites for hydroxylation is 1. The lowest BCUT2D eigenvalue weighted by Gasteiger charge is -2.18. The highest BCUT2D eigenvalue weighted by molar-refractivity contribution is 5.98. The van der Waals surface area contributed by atoms with Crippen LogP contribution in [0.4, 0.5) is 4.79 Å². The molecule has 1 aromatic carbocycles. The van der Waals surface area contributed by atoms with Gasteiger partial charge in [0.1, 0.15) is 5.75 Å². The molecule has 1 aromatic rings. The molecule has 0 saturated heterocycles. The van der Waals surface area contributed by atoms with Crippen LogP contribution in [0, 0.1) is 0 Å². The van der Waals surface area contributed by atoms with Crippen molar-refractivity contribution in [3.8, 4) is 5.75 Å². The SMILES string of the molecule is C[C@@H](Oc1ccc2c(c1)CCCC2=O)C(=O)NC(N)=O. The largest absolute Gasteiger partial charge is 0.481 e. The highest BCUT2D eigenvalue weighted by atomic mass is 16.5. The Kier molecular flexibility index (Phi) is 4.02. The van der Waals surface area contributed by atoms with Gasteiger partial charge in [0.25, 0.3) is 5.91 Å². The van der Waals surface area contributed by atoms with E-state index in [2.05, 4.69) is 0 Å². The molecule has 6 nitrogen and oxygen atoms in total. The van der Waals surface area contributed by atoms with Crippen molar-refractivity contribution in [1.29, 1.82) is 0 Å². The molecule has 1 atom stereocenters. The maximum atomic E-state index is 11.7. The molecule has 0 spiro atoms. The number of carbonyl (C=O) groups excluding carboxylic acids is 3. The summed E-state index contributed by atoms with van der Waals surface area (Å²) in [7, 11) is 0. The molecule has 3 amide bonds. The maximum Gasteiger partial charge on any atom is 0.318 e. The van der Waals surface area contributed by atoms with E-state index in [0.717, 1.165) is 24.0 Å². The van der Waals surface area contributed by atoms with Gasteiger partial charge in [0, 0.05) is 12.0 Å². The first-order valence-electron chi connectivity index (χ1n) is 6.40. The summed E-state index contributed by atoms with van der Waals surface area (Å²) in [5.74, 6) is 0.0224. The quantitative estimate of drug-likeness (QED) is 0.865. The Balaban J connectivity index is 2.09. The minimum Gasteiger partial charge on any atom is -0.481 e. The second-order valence-electron chi connectivity index (χ2n) is 4.71. The Morgan fingerprint density at radius 1 is 1.35 bits per heavy atom. The highest BCUT2D eigenvalue weighted by Crippen LogP contribution is 2.25. The van der Waals surface area contributed by atoms with Gasteiger partial charge in [-0.3, -0.25) is 14.9 Å². The summed E-state index contributed by atoms with van der Waals surface area (Å²) in [6, 6.07) is 4.21. The van der Waals surface area contributed by atoms with Crippen molar-refractivity contribution >= 4 is 17.7 Å². The fraction of sp³-hybridized carbons (Fsp3) is 0.357. The van der Waals surface area contributed by atoms with E-state index in [1.54, 1.807) is 18.2 Å². The van der Waals surface area contributed by atoms with Gasteiger partial charge in [-0.2, -0.15) is 0 Å². The summed E-state index contributed by atoms with van der Waals surface area (Å²) < 4.78 is 5.45. The maximum absolute atomic E-state index is 11.7. The molecule has 2 rings (SSSR count). The van der Waals surface area contributed by atoms with E-state index < -0.39 is 18.0 Å². The summed E-state index contributed by atoms with van der Waals surface area (Å²) in [5.41, 5.74) is 6.52. The van der Waals surface area contributed by atoms with Crippen LogP contribution < -0.4 is 15.8 Å². The topological polar surface area (TPSA) is 98.5 Å².